The molecule has 2 rings (SSSR count). The summed E-state index contributed by atoms with van der Waals surface area (Å²) in [4.78, 5) is 26.1. The Morgan fingerprint density at radius 3 is 2.80 bits per heavy atom. The zero-order valence-corrected chi connectivity index (χ0v) is 10.3. The standard InChI is InChI=1S/C13H8F2N2O3/c1-2-20-13(19)8-5-17-11-6(12(8)18)3-9(14)10(15)7(11)4-16/h3,5H,2H2,1H3,(H,17,18). The van der Waals surface area contributed by atoms with E-state index in [2.05, 4.69) is 9.72 Å². The van der Waals surface area contributed by atoms with Crippen molar-refractivity contribution in [3.63, 3.8) is 0 Å². The summed E-state index contributed by atoms with van der Waals surface area (Å²) in [6.45, 7) is 1.63. The first-order valence-electron chi connectivity index (χ1n) is 5.61. The van der Waals surface area contributed by atoms with Crippen molar-refractivity contribution in [1.82, 2.24) is 4.98 Å². The van der Waals surface area contributed by atoms with Gasteiger partial charge in [0.1, 0.15) is 17.2 Å². The van der Waals surface area contributed by atoms with Crippen molar-refractivity contribution < 1.29 is 18.3 Å². The van der Waals surface area contributed by atoms with Crippen LogP contribution < -0.4 is 5.43 Å². The Bertz CT molecular complexity index is 806. The topological polar surface area (TPSA) is 82.9 Å². The third-order valence-corrected chi connectivity index (χ3v) is 2.68. The van der Waals surface area contributed by atoms with Gasteiger partial charge in [-0.3, -0.25) is 4.79 Å². The minimum absolute atomic E-state index is 0.0670. The Hall–Kier alpha value is -2.75. The van der Waals surface area contributed by atoms with Crippen molar-refractivity contribution in [1.29, 1.82) is 5.26 Å². The summed E-state index contributed by atoms with van der Waals surface area (Å²) in [7, 11) is 0. The van der Waals surface area contributed by atoms with Gasteiger partial charge >= 0.3 is 5.97 Å². The van der Waals surface area contributed by atoms with Crippen LogP contribution >= 0.6 is 0 Å². The lowest BCUT2D eigenvalue weighted by molar-refractivity contribution is 0.0524. The fourth-order valence-electron chi connectivity index (χ4n) is 1.78. The third kappa shape index (κ3) is 2.01. The van der Waals surface area contributed by atoms with E-state index in [1.54, 1.807) is 6.92 Å². The maximum atomic E-state index is 13.4. The Morgan fingerprint density at radius 2 is 2.20 bits per heavy atom. The van der Waals surface area contributed by atoms with E-state index in [4.69, 9.17) is 5.26 Å². The lowest BCUT2D eigenvalue weighted by atomic mass is 10.1. The summed E-state index contributed by atoms with van der Waals surface area (Å²) in [5, 5.41) is 8.54. The number of halogens is 2. The first kappa shape index (κ1) is 13.7. The molecule has 0 amide bonds. The number of esters is 1. The quantitative estimate of drug-likeness (QED) is 0.850. The van der Waals surface area contributed by atoms with Crippen molar-refractivity contribution in [3.8, 4) is 6.07 Å². The largest absolute Gasteiger partial charge is 0.462 e. The number of ether oxygens (including phenoxy) is 1. The smallest absolute Gasteiger partial charge is 0.343 e. The molecule has 1 heterocycles. The molecule has 7 heteroatoms. The fraction of sp³-hybridized carbons (Fsp3) is 0.154. The summed E-state index contributed by atoms with van der Waals surface area (Å²) in [6, 6.07) is 2.12. The summed E-state index contributed by atoms with van der Waals surface area (Å²) in [6.07, 6.45) is 1.01. The molecule has 5 nitrogen and oxygen atoms in total. The molecule has 0 saturated carbocycles. The first-order valence-corrected chi connectivity index (χ1v) is 5.61. The van der Waals surface area contributed by atoms with Crippen LogP contribution in [0.1, 0.15) is 22.8 Å². The molecule has 0 spiro atoms. The van der Waals surface area contributed by atoms with Gasteiger partial charge in [-0.25, -0.2) is 13.6 Å². The number of carbonyl (C=O) groups is 1. The number of nitrogens with one attached hydrogen (secondary N) is 1. The van der Waals surface area contributed by atoms with Crippen molar-refractivity contribution in [2.45, 2.75) is 6.92 Å². The van der Waals surface area contributed by atoms with Crippen molar-refractivity contribution >= 4 is 16.9 Å². The van der Waals surface area contributed by atoms with Crippen LogP contribution in [0.15, 0.2) is 17.1 Å². The second-order valence-electron chi connectivity index (χ2n) is 3.83. The number of hydrogen-bond acceptors (Lipinski definition) is 4. The van der Waals surface area contributed by atoms with E-state index in [0.29, 0.717) is 6.07 Å². The number of pyridine rings is 1. The van der Waals surface area contributed by atoms with E-state index < -0.39 is 28.6 Å². The van der Waals surface area contributed by atoms with Crippen molar-refractivity contribution in [2.75, 3.05) is 6.61 Å². The van der Waals surface area contributed by atoms with Gasteiger partial charge in [-0.1, -0.05) is 0 Å². The minimum Gasteiger partial charge on any atom is -0.462 e. The molecule has 0 aliphatic carbocycles. The van der Waals surface area contributed by atoms with Gasteiger partial charge in [0, 0.05) is 6.20 Å². The number of hydrogen-bond donors (Lipinski definition) is 1. The molecule has 20 heavy (non-hydrogen) atoms. The molecule has 0 bridgehead atoms. The van der Waals surface area contributed by atoms with E-state index in [0.717, 1.165) is 6.20 Å². The van der Waals surface area contributed by atoms with E-state index in [-0.39, 0.29) is 23.1 Å². The predicted octanol–water partition coefficient (Wildman–Crippen LogP) is 1.85. The highest BCUT2D eigenvalue weighted by Gasteiger charge is 2.19. The van der Waals surface area contributed by atoms with E-state index >= 15 is 0 Å². The Kier molecular flexibility index (Phi) is 3.48. The Balaban J connectivity index is 2.82. The highest BCUT2D eigenvalue weighted by Crippen LogP contribution is 2.20. The molecule has 0 atom stereocenters. The Labute approximate surface area is 111 Å². The maximum absolute atomic E-state index is 13.4. The number of rotatable bonds is 2. The van der Waals surface area contributed by atoms with Gasteiger partial charge in [0.05, 0.1) is 17.5 Å². The van der Waals surface area contributed by atoms with Gasteiger partial charge in [0.25, 0.3) is 0 Å². The van der Waals surface area contributed by atoms with Crippen LogP contribution in [0.5, 0.6) is 0 Å². The molecule has 1 aromatic heterocycles. The summed E-state index contributed by atoms with van der Waals surface area (Å²) < 4.78 is 31.5. The number of fused-ring (bicyclic) bond motifs is 1. The van der Waals surface area contributed by atoms with E-state index in [1.807, 2.05) is 0 Å². The van der Waals surface area contributed by atoms with Gasteiger partial charge in [-0.05, 0) is 13.0 Å². The molecule has 1 aromatic carbocycles. The number of carbonyl (C=O) groups excluding carboxylic acids is 1. The van der Waals surface area contributed by atoms with Gasteiger partial charge in [0.15, 0.2) is 11.6 Å². The van der Waals surface area contributed by atoms with Crippen LogP contribution in [0.25, 0.3) is 10.9 Å². The Morgan fingerprint density at radius 1 is 1.50 bits per heavy atom. The highest BCUT2D eigenvalue weighted by molar-refractivity contribution is 5.94. The number of benzene rings is 1. The third-order valence-electron chi connectivity index (χ3n) is 2.68. The number of nitrogens with zero attached hydrogens (tertiary/aromatic N) is 1. The van der Waals surface area contributed by atoms with E-state index in [1.165, 1.54) is 6.07 Å². The molecule has 1 N–H and O–H groups in total. The molecule has 0 fully saturated rings. The van der Waals surface area contributed by atoms with Crippen molar-refractivity contribution in [2.24, 2.45) is 0 Å². The number of nitriles is 1. The van der Waals surface area contributed by atoms with Crippen molar-refractivity contribution in [3.05, 3.63) is 45.2 Å². The van der Waals surface area contributed by atoms with Crippen LogP contribution in [-0.4, -0.2) is 17.6 Å². The first-order chi connectivity index (χ1) is 9.51. The lowest BCUT2D eigenvalue weighted by Gasteiger charge is -2.05. The maximum Gasteiger partial charge on any atom is 0.343 e. The van der Waals surface area contributed by atoms with Gasteiger partial charge in [-0.2, -0.15) is 5.26 Å². The van der Waals surface area contributed by atoms with Crippen LogP contribution in [0.3, 0.4) is 0 Å². The summed E-state index contributed by atoms with van der Waals surface area (Å²) in [5.74, 6) is -3.56. The number of aromatic amines is 1. The average molecular weight is 278 g/mol. The fourth-order valence-corrected chi connectivity index (χ4v) is 1.78. The molecule has 0 radical (unpaired) electrons. The zero-order chi connectivity index (χ0) is 14.9. The molecular weight excluding hydrogens is 270 g/mol. The molecule has 0 unspecified atom stereocenters. The molecule has 102 valence electrons. The van der Waals surface area contributed by atoms with Gasteiger partial charge < -0.3 is 9.72 Å². The second-order valence-corrected chi connectivity index (χ2v) is 3.83. The molecule has 2 aromatic rings. The predicted molar refractivity (Wildman–Crippen MR) is 65.2 cm³/mol. The molecular formula is C13H8F2N2O3. The molecule has 0 aliphatic rings. The van der Waals surface area contributed by atoms with Crippen LogP contribution in [0.2, 0.25) is 0 Å². The number of H-pyrrole nitrogens is 1. The van der Waals surface area contributed by atoms with Gasteiger partial charge in [0.2, 0.25) is 5.43 Å². The lowest BCUT2D eigenvalue weighted by Crippen LogP contribution is -2.19. The zero-order valence-electron chi connectivity index (χ0n) is 10.3. The molecule has 0 aliphatic heterocycles. The summed E-state index contributed by atoms with van der Waals surface area (Å²) >= 11 is 0. The van der Waals surface area contributed by atoms with Crippen LogP contribution in [0, 0.1) is 23.0 Å². The molecule has 0 saturated heterocycles. The average Bonchev–Trinajstić information content (AvgIpc) is 2.42. The highest BCUT2D eigenvalue weighted by atomic mass is 19.2. The van der Waals surface area contributed by atoms with Crippen LogP contribution in [-0.2, 0) is 4.74 Å². The van der Waals surface area contributed by atoms with Crippen LogP contribution in [0.4, 0.5) is 8.78 Å². The normalized spacial score (nSPS) is 10.3. The SMILES string of the molecule is CCOC(=O)c1c[nH]c2c(C#N)c(F)c(F)cc2c1=O. The van der Waals surface area contributed by atoms with E-state index in [9.17, 15) is 18.4 Å². The monoisotopic (exact) mass is 278 g/mol. The second kappa shape index (κ2) is 5.09. The minimum atomic E-state index is -1.35. The number of aromatic nitrogens is 1. The van der Waals surface area contributed by atoms with Gasteiger partial charge in [-0.15, -0.1) is 0 Å². The summed E-state index contributed by atoms with van der Waals surface area (Å²) in [5.41, 5.74) is -1.95.